The number of carbonyl (C=O) groups is 1. The van der Waals surface area contributed by atoms with Crippen LogP contribution in [0.4, 0.5) is 0 Å². The van der Waals surface area contributed by atoms with E-state index in [9.17, 15) is 9.59 Å². The van der Waals surface area contributed by atoms with Crippen LogP contribution in [0.2, 0.25) is 5.02 Å². The summed E-state index contributed by atoms with van der Waals surface area (Å²) in [5, 5.41) is 2.42. The molecule has 7 heteroatoms. The number of hydrogen-bond acceptors (Lipinski definition) is 5. The quantitative estimate of drug-likeness (QED) is 0.527. The van der Waals surface area contributed by atoms with Gasteiger partial charge in [-0.25, -0.2) is 9.78 Å². The summed E-state index contributed by atoms with van der Waals surface area (Å²) in [7, 11) is 1.58. The summed E-state index contributed by atoms with van der Waals surface area (Å²) in [4.78, 5) is 31.7. The zero-order valence-electron chi connectivity index (χ0n) is 14.9. The van der Waals surface area contributed by atoms with Crippen LogP contribution in [-0.4, -0.2) is 23.0 Å². The Balaban J connectivity index is 1.63. The zero-order chi connectivity index (χ0) is 19.7. The van der Waals surface area contributed by atoms with Crippen molar-refractivity contribution in [3.8, 4) is 5.75 Å². The Bertz CT molecular complexity index is 1270. The Morgan fingerprint density at radius 3 is 2.64 bits per heavy atom. The smallest absolute Gasteiger partial charge is 0.339 e. The highest BCUT2D eigenvalue weighted by Gasteiger charge is 2.15. The van der Waals surface area contributed by atoms with E-state index in [2.05, 4.69) is 9.97 Å². The Labute approximate surface area is 164 Å². The largest absolute Gasteiger partial charge is 0.496 e. The predicted molar refractivity (Wildman–Crippen MR) is 107 cm³/mol. The first kappa shape index (κ1) is 18.0. The van der Waals surface area contributed by atoms with Crippen molar-refractivity contribution in [2.24, 2.45) is 0 Å². The first-order chi connectivity index (χ1) is 13.6. The molecule has 4 aromatic rings. The van der Waals surface area contributed by atoms with Gasteiger partial charge in [-0.15, -0.1) is 0 Å². The summed E-state index contributed by atoms with van der Waals surface area (Å²) < 4.78 is 10.7. The van der Waals surface area contributed by atoms with Gasteiger partial charge in [-0.1, -0.05) is 35.9 Å². The van der Waals surface area contributed by atoms with E-state index in [1.165, 1.54) is 0 Å². The number of aromatic nitrogens is 2. The number of aromatic amines is 1. The molecule has 1 aromatic heterocycles. The van der Waals surface area contributed by atoms with Gasteiger partial charge in [0.15, 0.2) is 0 Å². The molecule has 0 radical (unpaired) electrons. The molecule has 0 saturated heterocycles. The molecule has 0 aliphatic rings. The number of esters is 1. The second kappa shape index (κ2) is 7.32. The molecule has 0 aliphatic heterocycles. The molecule has 0 fully saturated rings. The maximum Gasteiger partial charge on any atom is 0.339 e. The van der Waals surface area contributed by atoms with Crippen LogP contribution in [0.25, 0.3) is 21.7 Å². The van der Waals surface area contributed by atoms with Crippen LogP contribution in [0.1, 0.15) is 16.2 Å². The fourth-order valence-electron chi connectivity index (χ4n) is 3.07. The molecule has 4 rings (SSSR count). The number of fused-ring (bicyclic) bond motifs is 2. The van der Waals surface area contributed by atoms with Gasteiger partial charge >= 0.3 is 5.97 Å². The third kappa shape index (κ3) is 3.30. The molecule has 0 atom stereocenters. The number of methoxy groups -OCH3 is 1. The van der Waals surface area contributed by atoms with Crippen molar-refractivity contribution in [2.75, 3.05) is 7.11 Å². The molecule has 0 saturated carbocycles. The standard InChI is InChI=1S/C21H15ClN2O4/c1-27-18-9-8-15(13-4-2-3-5-14(13)18)21(26)28-11-19-23-17-10-12(22)6-7-16(17)20(25)24-19/h2-10H,11H2,1H3,(H,23,24,25). The van der Waals surface area contributed by atoms with Gasteiger partial charge in [0.1, 0.15) is 18.2 Å². The summed E-state index contributed by atoms with van der Waals surface area (Å²) in [6, 6.07) is 15.6. The van der Waals surface area contributed by atoms with E-state index in [1.807, 2.05) is 24.3 Å². The predicted octanol–water partition coefficient (Wildman–Crippen LogP) is 4.10. The van der Waals surface area contributed by atoms with E-state index in [4.69, 9.17) is 21.1 Å². The van der Waals surface area contributed by atoms with Gasteiger partial charge in [0.05, 0.1) is 23.6 Å². The molecule has 140 valence electrons. The van der Waals surface area contributed by atoms with Crippen molar-refractivity contribution >= 4 is 39.2 Å². The number of nitrogens with one attached hydrogen (secondary N) is 1. The van der Waals surface area contributed by atoms with Gasteiger partial charge in [-0.3, -0.25) is 4.79 Å². The van der Waals surface area contributed by atoms with E-state index in [0.29, 0.717) is 27.2 Å². The molecule has 0 aliphatic carbocycles. The Hall–Kier alpha value is -3.38. The number of halogens is 1. The molecule has 0 amide bonds. The lowest BCUT2D eigenvalue weighted by atomic mass is 10.0. The normalized spacial score (nSPS) is 10.9. The molecular weight excluding hydrogens is 380 g/mol. The third-order valence-electron chi connectivity index (χ3n) is 4.38. The van der Waals surface area contributed by atoms with Crippen LogP contribution < -0.4 is 10.3 Å². The van der Waals surface area contributed by atoms with Crippen molar-refractivity contribution in [3.05, 3.63) is 81.4 Å². The number of benzene rings is 3. The second-order valence-electron chi connectivity index (χ2n) is 6.11. The fraction of sp³-hybridized carbons (Fsp3) is 0.0952. The van der Waals surface area contributed by atoms with Crippen molar-refractivity contribution in [3.63, 3.8) is 0 Å². The van der Waals surface area contributed by atoms with E-state index < -0.39 is 5.97 Å². The average molecular weight is 395 g/mol. The van der Waals surface area contributed by atoms with Crippen molar-refractivity contribution in [1.29, 1.82) is 0 Å². The number of hydrogen-bond donors (Lipinski definition) is 1. The maximum absolute atomic E-state index is 12.6. The summed E-state index contributed by atoms with van der Waals surface area (Å²) in [5.74, 6) is 0.392. The second-order valence-corrected chi connectivity index (χ2v) is 6.55. The van der Waals surface area contributed by atoms with Crippen molar-refractivity contribution in [2.45, 2.75) is 6.61 Å². The minimum atomic E-state index is -0.521. The van der Waals surface area contributed by atoms with Gasteiger partial charge < -0.3 is 14.5 Å². The average Bonchev–Trinajstić information content (AvgIpc) is 2.70. The van der Waals surface area contributed by atoms with Crippen LogP contribution in [0.15, 0.2) is 59.4 Å². The molecule has 28 heavy (non-hydrogen) atoms. The minimum absolute atomic E-state index is 0.170. The van der Waals surface area contributed by atoms with Gasteiger partial charge in [-0.05, 0) is 35.7 Å². The highest BCUT2D eigenvalue weighted by atomic mass is 35.5. The fourth-order valence-corrected chi connectivity index (χ4v) is 3.23. The monoisotopic (exact) mass is 394 g/mol. The number of rotatable bonds is 4. The van der Waals surface area contributed by atoms with E-state index in [0.717, 1.165) is 10.8 Å². The lowest BCUT2D eigenvalue weighted by Gasteiger charge is -2.10. The van der Waals surface area contributed by atoms with Gasteiger partial charge in [0.25, 0.3) is 5.56 Å². The zero-order valence-corrected chi connectivity index (χ0v) is 15.6. The molecule has 3 aromatic carbocycles. The van der Waals surface area contributed by atoms with Gasteiger partial charge in [0, 0.05) is 10.4 Å². The molecule has 1 N–H and O–H groups in total. The van der Waals surface area contributed by atoms with Gasteiger partial charge in [-0.2, -0.15) is 0 Å². The summed E-state index contributed by atoms with van der Waals surface area (Å²) in [6.45, 7) is -0.170. The molecule has 0 bridgehead atoms. The Kier molecular flexibility index (Phi) is 4.71. The third-order valence-corrected chi connectivity index (χ3v) is 4.62. The summed E-state index contributed by atoms with van der Waals surface area (Å²) >= 11 is 5.96. The van der Waals surface area contributed by atoms with E-state index in [-0.39, 0.29) is 18.0 Å². The van der Waals surface area contributed by atoms with Crippen LogP contribution >= 0.6 is 11.6 Å². The van der Waals surface area contributed by atoms with Crippen LogP contribution in [0.5, 0.6) is 5.75 Å². The first-order valence-corrected chi connectivity index (χ1v) is 8.86. The molecule has 1 heterocycles. The molecule has 6 nitrogen and oxygen atoms in total. The maximum atomic E-state index is 12.6. The van der Waals surface area contributed by atoms with Gasteiger partial charge in [0.2, 0.25) is 0 Å². The number of nitrogens with zero attached hydrogens (tertiary/aromatic N) is 1. The van der Waals surface area contributed by atoms with Crippen LogP contribution in [0, 0.1) is 0 Å². The van der Waals surface area contributed by atoms with E-state index >= 15 is 0 Å². The summed E-state index contributed by atoms with van der Waals surface area (Å²) in [6.07, 6.45) is 0. The lowest BCUT2D eigenvalue weighted by molar-refractivity contribution is 0.0464. The Morgan fingerprint density at radius 1 is 1.07 bits per heavy atom. The highest BCUT2D eigenvalue weighted by Crippen LogP contribution is 2.28. The lowest BCUT2D eigenvalue weighted by Crippen LogP contribution is -2.14. The number of H-pyrrole nitrogens is 1. The Morgan fingerprint density at radius 2 is 1.86 bits per heavy atom. The van der Waals surface area contributed by atoms with Crippen molar-refractivity contribution < 1.29 is 14.3 Å². The highest BCUT2D eigenvalue weighted by molar-refractivity contribution is 6.31. The van der Waals surface area contributed by atoms with Crippen molar-refractivity contribution in [1.82, 2.24) is 9.97 Å². The molecule has 0 spiro atoms. The SMILES string of the molecule is COc1ccc(C(=O)OCc2nc3cc(Cl)ccc3c(=O)[nH]2)c2ccccc12. The number of carbonyl (C=O) groups excluding carboxylic acids is 1. The topological polar surface area (TPSA) is 81.3 Å². The molecule has 0 unspecified atom stereocenters. The summed E-state index contributed by atoms with van der Waals surface area (Å²) in [5.41, 5.74) is 0.530. The molecular formula is C21H15ClN2O4. The first-order valence-electron chi connectivity index (χ1n) is 8.48. The number of ether oxygens (including phenoxy) is 2. The van der Waals surface area contributed by atoms with E-state index in [1.54, 1.807) is 37.4 Å². The van der Waals surface area contributed by atoms with Crippen LogP contribution in [0.3, 0.4) is 0 Å². The van der Waals surface area contributed by atoms with Crippen LogP contribution in [-0.2, 0) is 11.3 Å². The minimum Gasteiger partial charge on any atom is -0.496 e.